The molecule has 0 saturated heterocycles. The largest absolute Gasteiger partial charge is 0.465 e. The SMILES string of the molecule is COC(=O)c1cc2c(=O)oc3ccccc3c2cc1-c1ccc(F)cc1. The topological polar surface area (TPSA) is 56.5 Å². The highest BCUT2D eigenvalue weighted by Gasteiger charge is 2.18. The molecular formula is C21H13FO4. The van der Waals surface area contributed by atoms with Crippen molar-refractivity contribution in [2.45, 2.75) is 0 Å². The highest BCUT2D eigenvalue weighted by molar-refractivity contribution is 6.10. The predicted octanol–water partition coefficient (Wildman–Crippen LogP) is 4.54. The molecule has 1 heterocycles. The second-order valence-corrected chi connectivity index (χ2v) is 5.83. The Morgan fingerprint density at radius 1 is 0.962 bits per heavy atom. The lowest BCUT2D eigenvalue weighted by atomic mass is 9.95. The van der Waals surface area contributed by atoms with Crippen molar-refractivity contribution < 1.29 is 18.3 Å². The van der Waals surface area contributed by atoms with Crippen molar-refractivity contribution in [1.29, 1.82) is 0 Å². The minimum atomic E-state index is -0.584. The third kappa shape index (κ3) is 2.54. The zero-order valence-corrected chi connectivity index (χ0v) is 13.8. The lowest BCUT2D eigenvalue weighted by molar-refractivity contribution is 0.0602. The number of para-hydroxylation sites is 1. The number of rotatable bonds is 2. The number of methoxy groups -OCH3 is 1. The van der Waals surface area contributed by atoms with E-state index in [1.807, 2.05) is 12.1 Å². The first-order chi connectivity index (χ1) is 12.6. The lowest BCUT2D eigenvalue weighted by Gasteiger charge is -2.11. The fourth-order valence-corrected chi connectivity index (χ4v) is 3.07. The van der Waals surface area contributed by atoms with Gasteiger partial charge >= 0.3 is 11.6 Å². The van der Waals surface area contributed by atoms with Crippen molar-refractivity contribution >= 4 is 27.7 Å². The van der Waals surface area contributed by atoms with Crippen LogP contribution in [-0.2, 0) is 4.74 Å². The van der Waals surface area contributed by atoms with E-state index in [4.69, 9.17) is 9.15 Å². The number of esters is 1. The first kappa shape index (κ1) is 16.0. The van der Waals surface area contributed by atoms with Gasteiger partial charge in [-0.2, -0.15) is 0 Å². The number of carbonyl (C=O) groups excluding carboxylic acids is 1. The molecule has 0 amide bonds. The molecule has 0 radical (unpaired) electrons. The molecule has 0 unspecified atom stereocenters. The van der Waals surface area contributed by atoms with Crippen LogP contribution >= 0.6 is 0 Å². The molecule has 0 saturated carbocycles. The number of benzene rings is 3. The molecule has 0 aliphatic carbocycles. The highest BCUT2D eigenvalue weighted by atomic mass is 19.1. The van der Waals surface area contributed by atoms with Crippen molar-refractivity contribution in [3.8, 4) is 11.1 Å². The molecule has 1 aromatic heterocycles. The predicted molar refractivity (Wildman–Crippen MR) is 96.7 cm³/mol. The Labute approximate surface area is 147 Å². The summed E-state index contributed by atoms with van der Waals surface area (Å²) in [6.45, 7) is 0. The molecule has 4 aromatic rings. The molecule has 0 spiro atoms. The van der Waals surface area contributed by atoms with Gasteiger partial charge in [0.25, 0.3) is 0 Å². The second-order valence-electron chi connectivity index (χ2n) is 5.83. The number of carbonyl (C=O) groups is 1. The van der Waals surface area contributed by atoms with Gasteiger partial charge < -0.3 is 9.15 Å². The van der Waals surface area contributed by atoms with E-state index < -0.39 is 11.6 Å². The van der Waals surface area contributed by atoms with Gasteiger partial charge in [0, 0.05) is 10.8 Å². The third-order valence-corrected chi connectivity index (χ3v) is 4.32. The average molecular weight is 348 g/mol. The van der Waals surface area contributed by atoms with E-state index in [1.54, 1.807) is 30.3 Å². The molecule has 4 rings (SSSR count). The summed E-state index contributed by atoms with van der Waals surface area (Å²) in [5.41, 5.74) is 1.34. The van der Waals surface area contributed by atoms with Crippen LogP contribution in [0, 0.1) is 5.82 Å². The summed E-state index contributed by atoms with van der Waals surface area (Å²) in [6.07, 6.45) is 0. The van der Waals surface area contributed by atoms with Crippen LogP contribution in [0.2, 0.25) is 0 Å². The second kappa shape index (κ2) is 6.11. The van der Waals surface area contributed by atoms with Gasteiger partial charge in [-0.25, -0.2) is 14.0 Å². The fraction of sp³-hybridized carbons (Fsp3) is 0.0476. The molecule has 0 fully saturated rings. The third-order valence-electron chi connectivity index (χ3n) is 4.32. The van der Waals surface area contributed by atoms with Crippen LogP contribution in [0.4, 0.5) is 4.39 Å². The maximum Gasteiger partial charge on any atom is 0.344 e. The van der Waals surface area contributed by atoms with E-state index in [0.29, 0.717) is 22.1 Å². The Morgan fingerprint density at radius 2 is 1.69 bits per heavy atom. The van der Waals surface area contributed by atoms with Crippen molar-refractivity contribution in [3.63, 3.8) is 0 Å². The molecule has 0 atom stereocenters. The lowest BCUT2D eigenvalue weighted by Crippen LogP contribution is -2.07. The molecule has 0 bridgehead atoms. The van der Waals surface area contributed by atoms with Gasteiger partial charge in [-0.15, -0.1) is 0 Å². The summed E-state index contributed by atoms with van der Waals surface area (Å²) >= 11 is 0. The van der Waals surface area contributed by atoms with Gasteiger partial charge in [-0.05, 0) is 41.5 Å². The van der Waals surface area contributed by atoms with Gasteiger partial charge in [0.15, 0.2) is 0 Å². The van der Waals surface area contributed by atoms with Gasteiger partial charge in [0.2, 0.25) is 0 Å². The molecule has 0 aliphatic heterocycles. The molecule has 0 N–H and O–H groups in total. The van der Waals surface area contributed by atoms with Gasteiger partial charge in [-0.1, -0.05) is 30.3 Å². The molecular weight excluding hydrogens is 335 g/mol. The molecule has 3 aromatic carbocycles. The molecule has 0 aliphatic rings. The number of ether oxygens (including phenoxy) is 1. The minimum absolute atomic E-state index is 0.217. The van der Waals surface area contributed by atoms with E-state index in [1.165, 1.54) is 25.3 Å². The Hall–Kier alpha value is -3.47. The van der Waals surface area contributed by atoms with Crippen LogP contribution in [0.1, 0.15) is 10.4 Å². The summed E-state index contributed by atoms with van der Waals surface area (Å²) in [4.78, 5) is 24.6. The average Bonchev–Trinajstić information content (AvgIpc) is 2.67. The van der Waals surface area contributed by atoms with Gasteiger partial charge in [-0.3, -0.25) is 0 Å². The van der Waals surface area contributed by atoms with E-state index in [9.17, 15) is 14.0 Å². The maximum absolute atomic E-state index is 13.3. The summed E-state index contributed by atoms with van der Waals surface area (Å²) < 4.78 is 23.5. The Balaban J connectivity index is 2.14. The first-order valence-corrected chi connectivity index (χ1v) is 7.92. The van der Waals surface area contributed by atoms with Crippen LogP contribution in [0.5, 0.6) is 0 Å². The van der Waals surface area contributed by atoms with Crippen molar-refractivity contribution in [1.82, 2.24) is 0 Å². The number of hydrogen-bond donors (Lipinski definition) is 0. The van der Waals surface area contributed by atoms with Crippen LogP contribution < -0.4 is 5.63 Å². The maximum atomic E-state index is 13.3. The van der Waals surface area contributed by atoms with E-state index in [0.717, 1.165) is 5.39 Å². The summed E-state index contributed by atoms with van der Waals surface area (Å²) in [7, 11) is 1.27. The van der Waals surface area contributed by atoms with E-state index in [-0.39, 0.29) is 16.8 Å². The summed E-state index contributed by atoms with van der Waals surface area (Å²) in [6, 6.07) is 16.2. The van der Waals surface area contributed by atoms with Crippen molar-refractivity contribution in [3.05, 3.63) is 82.5 Å². The normalized spacial score (nSPS) is 11.0. The minimum Gasteiger partial charge on any atom is -0.465 e. The monoisotopic (exact) mass is 348 g/mol. The van der Waals surface area contributed by atoms with E-state index >= 15 is 0 Å². The zero-order valence-electron chi connectivity index (χ0n) is 13.8. The molecule has 4 nitrogen and oxygen atoms in total. The van der Waals surface area contributed by atoms with Crippen molar-refractivity contribution in [2.75, 3.05) is 7.11 Å². The Morgan fingerprint density at radius 3 is 2.42 bits per heavy atom. The summed E-state index contributed by atoms with van der Waals surface area (Å²) in [5, 5.41) is 1.70. The zero-order chi connectivity index (χ0) is 18.3. The van der Waals surface area contributed by atoms with E-state index in [2.05, 4.69) is 0 Å². The summed E-state index contributed by atoms with van der Waals surface area (Å²) in [5.74, 6) is -0.959. The first-order valence-electron chi connectivity index (χ1n) is 7.92. The number of hydrogen-bond acceptors (Lipinski definition) is 4. The molecule has 26 heavy (non-hydrogen) atoms. The van der Waals surface area contributed by atoms with Crippen LogP contribution in [0.25, 0.3) is 32.9 Å². The van der Waals surface area contributed by atoms with Crippen molar-refractivity contribution in [2.24, 2.45) is 0 Å². The van der Waals surface area contributed by atoms with Gasteiger partial charge in [0.1, 0.15) is 11.4 Å². The number of halogens is 1. The Kier molecular flexibility index (Phi) is 3.77. The highest BCUT2D eigenvalue weighted by Crippen LogP contribution is 2.32. The van der Waals surface area contributed by atoms with Crippen LogP contribution in [0.3, 0.4) is 0 Å². The number of fused-ring (bicyclic) bond motifs is 3. The smallest absolute Gasteiger partial charge is 0.344 e. The van der Waals surface area contributed by atoms with Crippen LogP contribution in [0.15, 0.2) is 69.9 Å². The fourth-order valence-electron chi connectivity index (χ4n) is 3.07. The Bertz CT molecular complexity index is 1210. The van der Waals surface area contributed by atoms with Gasteiger partial charge in [0.05, 0.1) is 18.1 Å². The van der Waals surface area contributed by atoms with Crippen LogP contribution in [-0.4, -0.2) is 13.1 Å². The molecule has 5 heteroatoms. The quantitative estimate of drug-likeness (QED) is 0.303. The molecule has 128 valence electrons. The standard InChI is InChI=1S/C21H13FO4/c1-25-20(23)17-11-18-16(10-15(17)12-6-8-13(22)9-7-12)14-4-2-3-5-19(14)26-21(18)24/h2-11H,1H3.